The highest BCUT2D eigenvalue weighted by atomic mass is 16.6. The fourth-order valence-electron chi connectivity index (χ4n) is 4.26. The Labute approximate surface area is 152 Å². The molecule has 3 aliphatic heterocycles. The first-order valence-electron chi connectivity index (χ1n) is 9.26. The zero-order valence-electron chi connectivity index (χ0n) is 14.9. The van der Waals surface area contributed by atoms with E-state index in [1.54, 1.807) is 6.07 Å². The largest absolute Gasteiger partial charge is 0.486 e. The van der Waals surface area contributed by atoms with Gasteiger partial charge in [0.25, 0.3) is 5.69 Å². The number of fused-ring (bicyclic) bond motifs is 1. The summed E-state index contributed by atoms with van der Waals surface area (Å²) >= 11 is 0. The number of aliphatic hydroxyl groups is 1. The Morgan fingerprint density at radius 2 is 1.92 bits per heavy atom. The molecular formula is C18H25N3O5. The van der Waals surface area contributed by atoms with Gasteiger partial charge in [0, 0.05) is 69.7 Å². The number of benzene rings is 1. The molecule has 1 N–H and O–H groups in total. The summed E-state index contributed by atoms with van der Waals surface area (Å²) in [5.41, 5.74) is 1.46. The van der Waals surface area contributed by atoms with Crippen LogP contribution in [0.4, 0.5) is 11.4 Å². The molecule has 0 saturated carbocycles. The van der Waals surface area contributed by atoms with Crippen LogP contribution in [0.1, 0.15) is 18.4 Å². The van der Waals surface area contributed by atoms with Crippen LogP contribution in [0.5, 0.6) is 5.75 Å². The van der Waals surface area contributed by atoms with Gasteiger partial charge in [-0.2, -0.15) is 0 Å². The van der Waals surface area contributed by atoms with Gasteiger partial charge in [-0.1, -0.05) is 0 Å². The van der Waals surface area contributed by atoms with Gasteiger partial charge in [0.05, 0.1) is 24.7 Å². The number of nitro groups is 1. The van der Waals surface area contributed by atoms with Crippen LogP contribution in [-0.4, -0.2) is 73.1 Å². The number of anilines is 1. The number of β-amino-alcohol motifs (C(OH)–C–C–N with tert-alkyl or cyclic N) is 1. The molecule has 1 spiro atoms. The molecule has 142 valence electrons. The van der Waals surface area contributed by atoms with Gasteiger partial charge in [0.15, 0.2) is 0 Å². The summed E-state index contributed by atoms with van der Waals surface area (Å²) in [7, 11) is 0. The highest BCUT2D eigenvalue weighted by molar-refractivity contribution is 5.69. The molecule has 2 saturated heterocycles. The molecule has 2 fully saturated rings. The van der Waals surface area contributed by atoms with Gasteiger partial charge in [0.2, 0.25) is 0 Å². The Morgan fingerprint density at radius 3 is 2.58 bits per heavy atom. The normalized spacial score (nSPS) is 22.3. The summed E-state index contributed by atoms with van der Waals surface area (Å²) in [6.45, 7) is 5.10. The van der Waals surface area contributed by atoms with Gasteiger partial charge in [-0.15, -0.1) is 0 Å². The lowest BCUT2D eigenvalue weighted by Crippen LogP contribution is -2.47. The first-order chi connectivity index (χ1) is 12.6. The molecule has 3 aliphatic rings. The van der Waals surface area contributed by atoms with E-state index in [9.17, 15) is 10.1 Å². The van der Waals surface area contributed by atoms with E-state index in [1.165, 1.54) is 0 Å². The molecule has 0 aromatic heterocycles. The fourth-order valence-corrected chi connectivity index (χ4v) is 4.26. The van der Waals surface area contributed by atoms with Crippen molar-refractivity contribution in [1.82, 2.24) is 4.90 Å². The maximum Gasteiger partial charge on any atom is 0.293 e. The zero-order valence-corrected chi connectivity index (χ0v) is 14.9. The average molecular weight is 363 g/mol. The number of aliphatic hydroxyl groups excluding tert-OH is 1. The van der Waals surface area contributed by atoms with E-state index in [2.05, 4.69) is 4.90 Å². The minimum Gasteiger partial charge on any atom is -0.486 e. The predicted molar refractivity (Wildman–Crippen MR) is 96.0 cm³/mol. The number of likely N-dealkylation sites (tertiary alicyclic amines) is 1. The van der Waals surface area contributed by atoms with E-state index in [0.29, 0.717) is 38.5 Å². The van der Waals surface area contributed by atoms with Gasteiger partial charge in [-0.25, -0.2) is 0 Å². The molecule has 1 aromatic rings. The van der Waals surface area contributed by atoms with Crippen LogP contribution in [0.3, 0.4) is 0 Å². The van der Waals surface area contributed by atoms with Gasteiger partial charge in [-0.05, 0) is 0 Å². The van der Waals surface area contributed by atoms with Crippen LogP contribution < -0.4 is 9.64 Å². The third kappa shape index (κ3) is 3.24. The molecule has 0 amide bonds. The van der Waals surface area contributed by atoms with E-state index in [1.807, 2.05) is 11.0 Å². The number of piperidine rings is 1. The van der Waals surface area contributed by atoms with Crippen LogP contribution in [0.25, 0.3) is 0 Å². The molecule has 0 bridgehead atoms. The van der Waals surface area contributed by atoms with Crippen LogP contribution in [0, 0.1) is 10.1 Å². The standard InChI is InChI=1S/C18H25N3O5/c22-8-5-19-3-1-18(2-4-19)13-14-11-16(21(23)24)15(12-17(14)26-18)20-6-9-25-10-7-20/h11-12,22H,1-10,13H2. The van der Waals surface area contributed by atoms with E-state index in [-0.39, 0.29) is 22.8 Å². The number of morpholine rings is 1. The molecule has 0 atom stereocenters. The van der Waals surface area contributed by atoms with E-state index in [0.717, 1.165) is 43.7 Å². The van der Waals surface area contributed by atoms with Crippen LogP contribution in [0.15, 0.2) is 12.1 Å². The first-order valence-corrected chi connectivity index (χ1v) is 9.26. The van der Waals surface area contributed by atoms with Gasteiger partial charge in [-0.3, -0.25) is 10.1 Å². The third-order valence-corrected chi connectivity index (χ3v) is 5.73. The van der Waals surface area contributed by atoms with Crippen molar-refractivity contribution < 1.29 is 19.5 Å². The maximum absolute atomic E-state index is 11.6. The molecule has 0 aliphatic carbocycles. The highest BCUT2D eigenvalue weighted by Crippen LogP contribution is 2.45. The second-order valence-corrected chi connectivity index (χ2v) is 7.33. The second kappa shape index (κ2) is 7.02. The van der Waals surface area contributed by atoms with Crippen molar-refractivity contribution in [2.75, 3.05) is 57.4 Å². The highest BCUT2D eigenvalue weighted by Gasteiger charge is 2.43. The van der Waals surface area contributed by atoms with E-state index >= 15 is 0 Å². The van der Waals surface area contributed by atoms with Crippen LogP contribution >= 0.6 is 0 Å². The molecular weight excluding hydrogens is 338 g/mol. The number of ether oxygens (including phenoxy) is 2. The molecule has 0 radical (unpaired) electrons. The van der Waals surface area contributed by atoms with Crippen molar-refractivity contribution in [2.45, 2.75) is 24.9 Å². The van der Waals surface area contributed by atoms with Crippen LogP contribution in [0.2, 0.25) is 0 Å². The quantitative estimate of drug-likeness (QED) is 0.635. The topological polar surface area (TPSA) is 88.3 Å². The van der Waals surface area contributed by atoms with Crippen molar-refractivity contribution in [2.24, 2.45) is 0 Å². The predicted octanol–water partition coefficient (Wildman–Crippen LogP) is 1.19. The Morgan fingerprint density at radius 1 is 1.19 bits per heavy atom. The third-order valence-electron chi connectivity index (χ3n) is 5.73. The maximum atomic E-state index is 11.6. The lowest BCUT2D eigenvalue weighted by Gasteiger charge is -2.38. The van der Waals surface area contributed by atoms with E-state index in [4.69, 9.17) is 14.6 Å². The number of nitrogens with zero attached hydrogens (tertiary/aromatic N) is 3. The van der Waals surface area contributed by atoms with Crippen molar-refractivity contribution in [3.63, 3.8) is 0 Å². The van der Waals surface area contributed by atoms with E-state index < -0.39 is 0 Å². The number of nitro benzene ring substituents is 1. The molecule has 3 heterocycles. The van der Waals surface area contributed by atoms with Crippen LogP contribution in [-0.2, 0) is 11.2 Å². The number of hydrogen-bond acceptors (Lipinski definition) is 7. The van der Waals surface area contributed by atoms with Crippen molar-refractivity contribution in [3.05, 3.63) is 27.8 Å². The van der Waals surface area contributed by atoms with Gasteiger partial charge in [0.1, 0.15) is 17.0 Å². The summed E-state index contributed by atoms with van der Waals surface area (Å²) in [4.78, 5) is 15.6. The lowest BCUT2D eigenvalue weighted by molar-refractivity contribution is -0.384. The van der Waals surface area contributed by atoms with Gasteiger partial charge >= 0.3 is 0 Å². The van der Waals surface area contributed by atoms with Gasteiger partial charge < -0.3 is 24.4 Å². The summed E-state index contributed by atoms with van der Waals surface area (Å²) in [5.74, 6) is 0.785. The Kier molecular flexibility index (Phi) is 4.73. The second-order valence-electron chi connectivity index (χ2n) is 7.33. The fraction of sp³-hybridized carbons (Fsp3) is 0.667. The van der Waals surface area contributed by atoms with Crippen molar-refractivity contribution >= 4 is 11.4 Å². The monoisotopic (exact) mass is 363 g/mol. The summed E-state index contributed by atoms with van der Waals surface area (Å²) in [5, 5.41) is 20.7. The minimum atomic E-state index is -0.292. The molecule has 1 aromatic carbocycles. The Balaban J connectivity index is 1.57. The Hall–Kier alpha value is -1.90. The Bertz CT molecular complexity index is 682. The summed E-state index contributed by atoms with van der Waals surface area (Å²) in [6, 6.07) is 3.56. The molecule has 26 heavy (non-hydrogen) atoms. The summed E-state index contributed by atoms with van der Waals surface area (Å²) in [6.07, 6.45) is 2.48. The molecule has 8 nitrogen and oxygen atoms in total. The smallest absolute Gasteiger partial charge is 0.293 e. The summed E-state index contributed by atoms with van der Waals surface area (Å²) < 4.78 is 11.7. The molecule has 4 rings (SSSR count). The van der Waals surface area contributed by atoms with Crippen molar-refractivity contribution in [3.8, 4) is 5.75 Å². The first kappa shape index (κ1) is 17.5. The molecule has 0 unspecified atom stereocenters. The lowest BCUT2D eigenvalue weighted by atomic mass is 9.87. The van der Waals surface area contributed by atoms with Crippen molar-refractivity contribution in [1.29, 1.82) is 0 Å². The average Bonchev–Trinajstić information content (AvgIpc) is 3.00. The molecule has 8 heteroatoms. The zero-order chi connectivity index (χ0) is 18.1. The minimum absolute atomic E-state index is 0.156. The number of rotatable bonds is 4. The SMILES string of the molecule is O=[N+]([O-])c1cc2c(cc1N1CCOCC1)OC1(CCN(CCO)CC1)C2. The number of hydrogen-bond donors (Lipinski definition) is 1.